The molecule has 0 amide bonds. The summed E-state index contributed by atoms with van der Waals surface area (Å²) < 4.78 is 30.9. The van der Waals surface area contributed by atoms with E-state index >= 15 is 0 Å². The monoisotopic (exact) mass is 223 g/mol. The Morgan fingerprint density at radius 1 is 1.25 bits per heavy atom. The molecule has 2 rings (SSSR count). The highest BCUT2D eigenvalue weighted by atomic mass is 19.1. The van der Waals surface area contributed by atoms with Crippen LogP contribution in [0.25, 0.3) is 0 Å². The summed E-state index contributed by atoms with van der Waals surface area (Å²) in [6, 6.07) is 2.95. The fourth-order valence-electron chi connectivity index (χ4n) is 1.08. The highest BCUT2D eigenvalue weighted by molar-refractivity contribution is 5.47. The SMILES string of the molecule is Nc1cncnc1Oc1ccc(F)cc1F. The molecule has 0 fully saturated rings. The summed E-state index contributed by atoms with van der Waals surface area (Å²) in [6.07, 6.45) is 2.54. The van der Waals surface area contributed by atoms with Crippen molar-refractivity contribution in [1.82, 2.24) is 9.97 Å². The number of hydrogen-bond donors (Lipinski definition) is 1. The maximum absolute atomic E-state index is 13.2. The van der Waals surface area contributed by atoms with Crippen LogP contribution in [-0.4, -0.2) is 9.97 Å². The van der Waals surface area contributed by atoms with Crippen molar-refractivity contribution >= 4 is 5.69 Å². The van der Waals surface area contributed by atoms with Crippen LogP contribution < -0.4 is 10.5 Å². The third-order valence-corrected chi connectivity index (χ3v) is 1.80. The minimum atomic E-state index is -0.821. The van der Waals surface area contributed by atoms with Gasteiger partial charge in [-0.2, -0.15) is 4.98 Å². The molecule has 82 valence electrons. The normalized spacial score (nSPS) is 10.1. The number of hydrogen-bond acceptors (Lipinski definition) is 4. The van der Waals surface area contributed by atoms with Gasteiger partial charge in [0.05, 0.1) is 6.20 Å². The highest BCUT2D eigenvalue weighted by Gasteiger charge is 2.08. The van der Waals surface area contributed by atoms with Crippen LogP contribution in [0.3, 0.4) is 0 Å². The molecule has 0 aliphatic rings. The van der Waals surface area contributed by atoms with Crippen LogP contribution in [0.1, 0.15) is 0 Å². The Kier molecular flexibility index (Phi) is 2.63. The first kappa shape index (κ1) is 10.3. The van der Waals surface area contributed by atoms with Gasteiger partial charge in [-0.1, -0.05) is 0 Å². The number of ether oxygens (including phenoxy) is 1. The molecule has 0 atom stereocenters. The van der Waals surface area contributed by atoms with E-state index in [0.717, 1.165) is 12.1 Å². The molecular formula is C10H7F2N3O. The number of aromatic nitrogens is 2. The average molecular weight is 223 g/mol. The molecule has 0 unspecified atom stereocenters. The van der Waals surface area contributed by atoms with E-state index in [0.29, 0.717) is 6.07 Å². The van der Waals surface area contributed by atoms with E-state index in [1.165, 1.54) is 12.5 Å². The second-order valence-electron chi connectivity index (χ2n) is 2.96. The highest BCUT2D eigenvalue weighted by Crippen LogP contribution is 2.26. The molecule has 0 bridgehead atoms. The van der Waals surface area contributed by atoms with Crippen molar-refractivity contribution in [2.24, 2.45) is 0 Å². The molecular weight excluding hydrogens is 216 g/mol. The van der Waals surface area contributed by atoms with Gasteiger partial charge in [0, 0.05) is 6.07 Å². The Bertz CT molecular complexity index is 519. The molecule has 2 aromatic rings. The van der Waals surface area contributed by atoms with Gasteiger partial charge in [-0.15, -0.1) is 0 Å². The van der Waals surface area contributed by atoms with E-state index in [4.69, 9.17) is 10.5 Å². The Labute approximate surface area is 89.7 Å². The van der Waals surface area contributed by atoms with E-state index in [1.54, 1.807) is 0 Å². The Hall–Kier alpha value is -2.24. The van der Waals surface area contributed by atoms with Crippen LogP contribution in [0.4, 0.5) is 14.5 Å². The molecule has 0 saturated carbocycles. The third-order valence-electron chi connectivity index (χ3n) is 1.80. The molecule has 0 aliphatic heterocycles. The number of anilines is 1. The van der Waals surface area contributed by atoms with Gasteiger partial charge in [0.25, 0.3) is 0 Å². The van der Waals surface area contributed by atoms with Crippen LogP contribution in [0.2, 0.25) is 0 Å². The number of halogens is 2. The summed E-state index contributed by atoms with van der Waals surface area (Å²) in [5, 5.41) is 0. The van der Waals surface area contributed by atoms with Crippen molar-refractivity contribution < 1.29 is 13.5 Å². The third kappa shape index (κ3) is 2.05. The van der Waals surface area contributed by atoms with Crippen LogP contribution in [-0.2, 0) is 0 Å². The summed E-state index contributed by atoms with van der Waals surface area (Å²) in [6.45, 7) is 0. The van der Waals surface area contributed by atoms with Crippen molar-refractivity contribution in [3.8, 4) is 11.6 Å². The molecule has 0 spiro atoms. The van der Waals surface area contributed by atoms with Gasteiger partial charge in [-0.3, -0.25) is 0 Å². The Morgan fingerprint density at radius 3 is 2.75 bits per heavy atom. The molecule has 0 aliphatic carbocycles. The van der Waals surface area contributed by atoms with Crippen LogP contribution >= 0.6 is 0 Å². The van der Waals surface area contributed by atoms with Gasteiger partial charge >= 0.3 is 0 Å². The first-order chi connectivity index (χ1) is 7.66. The van der Waals surface area contributed by atoms with Crippen LogP contribution in [0.5, 0.6) is 11.6 Å². The van der Waals surface area contributed by atoms with Crippen molar-refractivity contribution in [2.75, 3.05) is 5.73 Å². The lowest BCUT2D eigenvalue weighted by molar-refractivity contribution is 0.425. The van der Waals surface area contributed by atoms with E-state index in [2.05, 4.69) is 9.97 Å². The minimum Gasteiger partial charge on any atom is -0.434 e. The molecule has 0 radical (unpaired) electrons. The molecule has 0 saturated heterocycles. The smallest absolute Gasteiger partial charge is 0.245 e. The van der Waals surface area contributed by atoms with Gasteiger partial charge in [0.1, 0.15) is 17.8 Å². The van der Waals surface area contributed by atoms with Crippen molar-refractivity contribution in [2.45, 2.75) is 0 Å². The van der Waals surface area contributed by atoms with Gasteiger partial charge in [0.2, 0.25) is 5.88 Å². The first-order valence-electron chi connectivity index (χ1n) is 4.35. The summed E-state index contributed by atoms with van der Waals surface area (Å²) in [5.74, 6) is -1.62. The zero-order valence-electron chi connectivity index (χ0n) is 8.02. The van der Waals surface area contributed by atoms with Gasteiger partial charge in [0.15, 0.2) is 11.6 Å². The molecule has 1 aromatic carbocycles. The number of nitrogens with two attached hydrogens (primary N) is 1. The number of nitrogen functional groups attached to an aromatic ring is 1. The maximum atomic E-state index is 13.2. The standard InChI is InChI=1S/C10H7F2N3O/c11-6-1-2-9(7(12)3-6)16-10-8(13)4-14-5-15-10/h1-5H,13H2. The van der Waals surface area contributed by atoms with Crippen molar-refractivity contribution in [1.29, 1.82) is 0 Å². The van der Waals surface area contributed by atoms with E-state index in [9.17, 15) is 8.78 Å². The Balaban J connectivity index is 2.31. The van der Waals surface area contributed by atoms with E-state index < -0.39 is 11.6 Å². The lowest BCUT2D eigenvalue weighted by Gasteiger charge is -2.06. The van der Waals surface area contributed by atoms with Crippen molar-refractivity contribution in [3.63, 3.8) is 0 Å². The largest absolute Gasteiger partial charge is 0.434 e. The molecule has 2 N–H and O–H groups in total. The lowest BCUT2D eigenvalue weighted by Crippen LogP contribution is -1.97. The molecule has 6 heteroatoms. The Morgan fingerprint density at radius 2 is 2.06 bits per heavy atom. The second-order valence-corrected chi connectivity index (χ2v) is 2.96. The van der Waals surface area contributed by atoms with Crippen molar-refractivity contribution in [3.05, 3.63) is 42.4 Å². The van der Waals surface area contributed by atoms with Gasteiger partial charge < -0.3 is 10.5 Å². The molecule has 1 aromatic heterocycles. The average Bonchev–Trinajstić information content (AvgIpc) is 2.25. The first-order valence-corrected chi connectivity index (χ1v) is 4.35. The predicted octanol–water partition coefficient (Wildman–Crippen LogP) is 2.13. The molecule has 16 heavy (non-hydrogen) atoms. The summed E-state index contributed by atoms with van der Waals surface area (Å²) in [5.41, 5.74) is 5.67. The second kappa shape index (κ2) is 4.09. The number of benzene rings is 1. The fourth-order valence-corrected chi connectivity index (χ4v) is 1.08. The molecule has 1 heterocycles. The number of rotatable bonds is 2. The van der Waals surface area contributed by atoms with Gasteiger partial charge in [-0.05, 0) is 12.1 Å². The maximum Gasteiger partial charge on any atom is 0.245 e. The quantitative estimate of drug-likeness (QED) is 0.847. The fraction of sp³-hybridized carbons (Fsp3) is 0. The zero-order chi connectivity index (χ0) is 11.5. The minimum absolute atomic E-state index is 0.0282. The molecule has 4 nitrogen and oxygen atoms in total. The van der Waals surface area contributed by atoms with Crippen LogP contribution in [0.15, 0.2) is 30.7 Å². The number of nitrogens with zero attached hydrogens (tertiary/aromatic N) is 2. The van der Waals surface area contributed by atoms with E-state index in [1.807, 2.05) is 0 Å². The zero-order valence-corrected chi connectivity index (χ0v) is 8.02. The van der Waals surface area contributed by atoms with E-state index in [-0.39, 0.29) is 17.3 Å². The topological polar surface area (TPSA) is 61.0 Å². The summed E-state index contributed by atoms with van der Waals surface area (Å²) in [7, 11) is 0. The summed E-state index contributed by atoms with van der Waals surface area (Å²) >= 11 is 0. The van der Waals surface area contributed by atoms with Gasteiger partial charge in [-0.25, -0.2) is 13.8 Å². The predicted molar refractivity (Wildman–Crippen MR) is 52.9 cm³/mol. The van der Waals surface area contributed by atoms with Crippen LogP contribution in [0, 0.1) is 11.6 Å². The lowest BCUT2D eigenvalue weighted by atomic mass is 10.3. The summed E-state index contributed by atoms with van der Waals surface area (Å²) in [4.78, 5) is 7.37.